The van der Waals surface area contributed by atoms with Crippen molar-refractivity contribution in [2.24, 2.45) is 0 Å². The molecule has 31 heavy (non-hydrogen) atoms. The quantitative estimate of drug-likeness (QED) is 0.368. The Kier molecular flexibility index (Phi) is 6.43. The van der Waals surface area contributed by atoms with E-state index in [0.717, 1.165) is 21.3 Å². The molecule has 2 heterocycles. The Morgan fingerprint density at radius 2 is 1.90 bits per heavy atom. The summed E-state index contributed by atoms with van der Waals surface area (Å²) in [7, 11) is 1.62. The maximum absolute atomic E-state index is 12.6. The van der Waals surface area contributed by atoms with E-state index in [4.69, 9.17) is 4.74 Å². The summed E-state index contributed by atoms with van der Waals surface area (Å²) in [5, 5.41) is 12.3. The van der Waals surface area contributed by atoms with E-state index >= 15 is 0 Å². The van der Waals surface area contributed by atoms with Gasteiger partial charge in [0.1, 0.15) is 5.75 Å². The number of aryl methyl sites for hydroxylation is 1. The fourth-order valence-corrected chi connectivity index (χ4v) is 4.31. The summed E-state index contributed by atoms with van der Waals surface area (Å²) in [4.78, 5) is 12.6. The number of halogens is 1. The molecule has 9 heteroatoms. The number of ether oxygens (including phenoxy) is 1. The van der Waals surface area contributed by atoms with Gasteiger partial charge in [-0.25, -0.2) is 4.68 Å². The minimum Gasteiger partial charge on any atom is -0.496 e. The fraction of sp³-hybridized carbons (Fsp3) is 0.136. The molecule has 2 aromatic carbocycles. The second-order valence-electron chi connectivity index (χ2n) is 6.68. The predicted octanol–water partition coefficient (Wildman–Crippen LogP) is 4.87. The first-order chi connectivity index (χ1) is 15.1. The number of hydrogen-bond donors (Lipinski definition) is 1. The number of nitrogens with one attached hydrogen (secondary N) is 1. The van der Waals surface area contributed by atoms with E-state index in [1.165, 1.54) is 11.8 Å². The van der Waals surface area contributed by atoms with Gasteiger partial charge in [-0.1, -0.05) is 39.8 Å². The molecule has 0 atom stereocenters. The van der Waals surface area contributed by atoms with E-state index < -0.39 is 0 Å². The van der Waals surface area contributed by atoms with Crippen LogP contribution in [0.5, 0.6) is 5.75 Å². The number of carbonyl (C=O) groups is 1. The topological polar surface area (TPSA) is 74.0 Å². The molecule has 0 saturated heterocycles. The SMILES string of the molecule is COc1ccccc1-c1nnc(SCC(=O)Nc2ccc(Br)cc2C)n1-n1cccc1. The largest absolute Gasteiger partial charge is 0.496 e. The third-order valence-corrected chi connectivity index (χ3v) is 5.99. The molecule has 2 aromatic heterocycles. The highest BCUT2D eigenvalue weighted by atomic mass is 79.9. The van der Waals surface area contributed by atoms with Crippen molar-refractivity contribution in [3.05, 3.63) is 77.0 Å². The number of hydrogen-bond acceptors (Lipinski definition) is 5. The van der Waals surface area contributed by atoms with E-state index in [0.29, 0.717) is 16.7 Å². The van der Waals surface area contributed by atoms with Crippen LogP contribution in [0.4, 0.5) is 5.69 Å². The van der Waals surface area contributed by atoms with Crippen molar-refractivity contribution in [1.29, 1.82) is 0 Å². The molecule has 7 nitrogen and oxygen atoms in total. The molecule has 158 valence electrons. The van der Waals surface area contributed by atoms with E-state index in [2.05, 4.69) is 31.4 Å². The zero-order valence-corrected chi connectivity index (χ0v) is 19.4. The molecule has 0 aliphatic heterocycles. The zero-order valence-electron chi connectivity index (χ0n) is 16.9. The zero-order chi connectivity index (χ0) is 21.8. The molecule has 1 amide bonds. The molecular weight excluding hydrogens is 478 g/mol. The van der Waals surface area contributed by atoms with Crippen LogP contribution >= 0.6 is 27.7 Å². The van der Waals surface area contributed by atoms with E-state index in [1.807, 2.05) is 83.3 Å². The van der Waals surface area contributed by atoms with Gasteiger partial charge < -0.3 is 10.1 Å². The number of benzene rings is 2. The van der Waals surface area contributed by atoms with E-state index in [-0.39, 0.29) is 11.7 Å². The molecule has 0 bridgehead atoms. The summed E-state index contributed by atoms with van der Waals surface area (Å²) in [6.07, 6.45) is 3.80. The van der Waals surface area contributed by atoms with Crippen molar-refractivity contribution in [2.75, 3.05) is 18.2 Å². The number of rotatable bonds is 7. The van der Waals surface area contributed by atoms with Crippen molar-refractivity contribution in [1.82, 2.24) is 19.5 Å². The molecule has 1 N–H and O–H groups in total. The molecule has 0 fully saturated rings. The molecule has 0 aliphatic rings. The Morgan fingerprint density at radius 3 is 2.65 bits per heavy atom. The summed E-state index contributed by atoms with van der Waals surface area (Å²) in [5.41, 5.74) is 2.59. The average Bonchev–Trinajstić information content (AvgIpc) is 3.43. The van der Waals surface area contributed by atoms with Crippen molar-refractivity contribution < 1.29 is 9.53 Å². The van der Waals surface area contributed by atoms with Gasteiger partial charge in [-0.3, -0.25) is 9.47 Å². The molecule has 0 radical (unpaired) electrons. The molecule has 4 aromatic rings. The van der Waals surface area contributed by atoms with Crippen LogP contribution in [0.3, 0.4) is 0 Å². The Hall–Kier alpha value is -3.04. The van der Waals surface area contributed by atoms with Crippen LogP contribution in [-0.4, -0.2) is 38.3 Å². The van der Waals surface area contributed by atoms with Gasteiger partial charge in [-0.05, 0) is 55.0 Å². The Morgan fingerprint density at radius 1 is 1.13 bits per heavy atom. The number of aromatic nitrogens is 4. The third kappa shape index (κ3) is 4.67. The van der Waals surface area contributed by atoms with Gasteiger partial charge in [0.15, 0.2) is 5.82 Å². The number of thioether (sulfide) groups is 1. The van der Waals surface area contributed by atoms with Crippen LogP contribution in [0.1, 0.15) is 5.56 Å². The first-order valence-corrected chi connectivity index (χ1v) is 11.3. The van der Waals surface area contributed by atoms with Crippen LogP contribution in [-0.2, 0) is 4.79 Å². The van der Waals surface area contributed by atoms with Gasteiger partial charge in [-0.15, -0.1) is 10.2 Å². The lowest BCUT2D eigenvalue weighted by Gasteiger charge is -2.13. The van der Waals surface area contributed by atoms with Gasteiger partial charge in [0.2, 0.25) is 11.1 Å². The lowest BCUT2D eigenvalue weighted by atomic mass is 10.2. The van der Waals surface area contributed by atoms with Crippen LogP contribution in [0, 0.1) is 6.92 Å². The molecule has 0 unspecified atom stereocenters. The van der Waals surface area contributed by atoms with Crippen LogP contribution in [0.2, 0.25) is 0 Å². The Balaban J connectivity index is 1.59. The second-order valence-corrected chi connectivity index (χ2v) is 8.54. The minimum atomic E-state index is -0.115. The summed E-state index contributed by atoms with van der Waals surface area (Å²) >= 11 is 4.75. The highest BCUT2D eigenvalue weighted by Gasteiger charge is 2.19. The van der Waals surface area contributed by atoms with Crippen molar-refractivity contribution >= 4 is 39.3 Å². The highest BCUT2D eigenvalue weighted by Crippen LogP contribution is 2.31. The number of anilines is 1. The van der Waals surface area contributed by atoms with Crippen molar-refractivity contribution in [3.8, 4) is 17.1 Å². The molecular formula is C22H20BrN5O2S. The number of para-hydroxylation sites is 1. The lowest BCUT2D eigenvalue weighted by molar-refractivity contribution is -0.113. The number of carbonyl (C=O) groups excluding carboxylic acids is 1. The molecule has 0 saturated carbocycles. The monoisotopic (exact) mass is 497 g/mol. The number of nitrogens with zero attached hydrogens (tertiary/aromatic N) is 4. The van der Waals surface area contributed by atoms with Gasteiger partial charge >= 0.3 is 0 Å². The molecule has 0 spiro atoms. The van der Waals surface area contributed by atoms with E-state index in [1.54, 1.807) is 7.11 Å². The average molecular weight is 498 g/mol. The predicted molar refractivity (Wildman–Crippen MR) is 125 cm³/mol. The molecule has 4 rings (SSSR count). The van der Waals surface area contributed by atoms with Crippen LogP contribution in [0.25, 0.3) is 11.4 Å². The standard InChI is InChI=1S/C22H20BrN5O2S/c1-15-13-16(23)9-10-18(15)24-20(29)14-31-22-26-25-21(28(22)27-11-5-6-12-27)17-7-3-4-8-19(17)30-2/h3-13H,14H2,1-2H3,(H,24,29). The van der Waals surface area contributed by atoms with Gasteiger partial charge in [0.05, 0.1) is 18.4 Å². The minimum absolute atomic E-state index is 0.115. The lowest BCUT2D eigenvalue weighted by Crippen LogP contribution is -2.16. The Bertz CT molecular complexity index is 1210. The fourth-order valence-electron chi connectivity index (χ4n) is 3.10. The summed E-state index contributed by atoms with van der Waals surface area (Å²) < 4.78 is 10.2. The summed E-state index contributed by atoms with van der Waals surface area (Å²) in [6, 6.07) is 17.2. The first kappa shape index (κ1) is 21.2. The van der Waals surface area contributed by atoms with Gasteiger partial charge in [0, 0.05) is 22.6 Å². The maximum atomic E-state index is 12.6. The molecule has 0 aliphatic carbocycles. The maximum Gasteiger partial charge on any atom is 0.234 e. The highest BCUT2D eigenvalue weighted by molar-refractivity contribution is 9.10. The first-order valence-electron chi connectivity index (χ1n) is 9.48. The van der Waals surface area contributed by atoms with Crippen molar-refractivity contribution in [2.45, 2.75) is 12.1 Å². The van der Waals surface area contributed by atoms with E-state index in [9.17, 15) is 4.79 Å². The van der Waals surface area contributed by atoms with Gasteiger partial charge in [0.25, 0.3) is 0 Å². The second kappa shape index (κ2) is 9.40. The third-order valence-electron chi connectivity index (χ3n) is 4.57. The number of amides is 1. The summed E-state index contributed by atoms with van der Waals surface area (Å²) in [5.74, 6) is 1.40. The summed E-state index contributed by atoms with van der Waals surface area (Å²) in [6.45, 7) is 1.95. The van der Waals surface area contributed by atoms with Crippen molar-refractivity contribution in [3.63, 3.8) is 0 Å². The normalized spacial score (nSPS) is 10.8. The number of methoxy groups -OCH3 is 1. The Labute approximate surface area is 192 Å². The van der Waals surface area contributed by atoms with Crippen LogP contribution < -0.4 is 10.1 Å². The van der Waals surface area contributed by atoms with Crippen LogP contribution in [0.15, 0.2) is 76.6 Å². The smallest absolute Gasteiger partial charge is 0.234 e. The van der Waals surface area contributed by atoms with Gasteiger partial charge in [-0.2, -0.15) is 0 Å².